The van der Waals surface area contributed by atoms with Crippen LogP contribution in [0, 0.1) is 0 Å². The first-order valence-corrected chi connectivity index (χ1v) is 7.75. The Bertz CT molecular complexity index is 939. The van der Waals surface area contributed by atoms with Gasteiger partial charge in [-0.3, -0.25) is 14.1 Å². The molecule has 0 aromatic carbocycles. The van der Waals surface area contributed by atoms with Gasteiger partial charge in [-0.15, -0.1) is 0 Å². The average Bonchev–Trinajstić information content (AvgIpc) is 2.55. The van der Waals surface area contributed by atoms with Crippen molar-refractivity contribution in [2.24, 2.45) is 0 Å². The Morgan fingerprint density at radius 2 is 2.22 bits per heavy atom. The molecule has 0 aliphatic carbocycles. The Hall–Kier alpha value is -2.31. The van der Waals surface area contributed by atoms with Crippen molar-refractivity contribution in [2.45, 2.75) is 19.5 Å². The van der Waals surface area contributed by atoms with E-state index in [9.17, 15) is 4.79 Å². The van der Waals surface area contributed by atoms with Crippen molar-refractivity contribution < 1.29 is 0 Å². The van der Waals surface area contributed by atoms with E-state index in [0.717, 1.165) is 30.9 Å². The Morgan fingerprint density at radius 1 is 1.30 bits per heavy atom. The highest BCUT2D eigenvalue weighted by Crippen LogP contribution is 2.17. The molecular formula is C16H14ClN5O. The van der Waals surface area contributed by atoms with Crippen molar-refractivity contribution >= 4 is 17.2 Å². The lowest BCUT2D eigenvalue weighted by atomic mass is 10.1. The molecule has 116 valence electrons. The first-order valence-electron chi connectivity index (χ1n) is 7.37. The minimum Gasteiger partial charge on any atom is -0.291 e. The Morgan fingerprint density at radius 3 is 3.13 bits per heavy atom. The summed E-state index contributed by atoms with van der Waals surface area (Å²) in [5.74, 6) is 0. The summed E-state index contributed by atoms with van der Waals surface area (Å²) in [5.41, 5.74) is 3.50. The minimum absolute atomic E-state index is 0.118. The number of rotatable bonds is 2. The third-order valence-corrected chi connectivity index (χ3v) is 4.24. The van der Waals surface area contributed by atoms with E-state index in [-0.39, 0.29) is 5.56 Å². The van der Waals surface area contributed by atoms with Gasteiger partial charge in [0.25, 0.3) is 5.56 Å². The molecule has 4 rings (SSSR count). The van der Waals surface area contributed by atoms with Crippen LogP contribution in [0.5, 0.6) is 0 Å². The summed E-state index contributed by atoms with van der Waals surface area (Å²) in [7, 11) is 0. The van der Waals surface area contributed by atoms with Gasteiger partial charge >= 0.3 is 0 Å². The van der Waals surface area contributed by atoms with Crippen molar-refractivity contribution in [3.63, 3.8) is 0 Å². The zero-order valence-corrected chi connectivity index (χ0v) is 13.1. The van der Waals surface area contributed by atoms with Gasteiger partial charge in [-0.25, -0.2) is 15.0 Å². The maximum Gasteiger partial charge on any atom is 0.258 e. The van der Waals surface area contributed by atoms with Crippen LogP contribution in [0.4, 0.5) is 0 Å². The molecule has 0 saturated heterocycles. The molecule has 0 fully saturated rings. The molecule has 7 heteroatoms. The van der Waals surface area contributed by atoms with E-state index < -0.39 is 0 Å². The quantitative estimate of drug-likeness (QED) is 0.717. The van der Waals surface area contributed by atoms with E-state index in [1.165, 1.54) is 9.96 Å². The molecule has 0 N–H and O–H groups in total. The second-order valence-corrected chi connectivity index (χ2v) is 6.05. The SMILES string of the molecule is O=c1cc(CN2CCc3cncnc3C2)nc2ccc(Cl)cn12. The topological polar surface area (TPSA) is 63.4 Å². The van der Waals surface area contributed by atoms with Crippen LogP contribution in [0.25, 0.3) is 5.65 Å². The van der Waals surface area contributed by atoms with Crippen molar-refractivity contribution in [2.75, 3.05) is 6.54 Å². The summed E-state index contributed by atoms with van der Waals surface area (Å²) < 4.78 is 1.46. The maximum atomic E-state index is 12.2. The van der Waals surface area contributed by atoms with Crippen LogP contribution in [-0.2, 0) is 19.5 Å². The van der Waals surface area contributed by atoms with E-state index in [1.54, 1.807) is 30.7 Å². The zero-order chi connectivity index (χ0) is 15.8. The van der Waals surface area contributed by atoms with Gasteiger partial charge in [0.15, 0.2) is 0 Å². The lowest BCUT2D eigenvalue weighted by Gasteiger charge is -2.27. The molecule has 23 heavy (non-hydrogen) atoms. The molecule has 0 amide bonds. The van der Waals surface area contributed by atoms with Gasteiger partial charge in [0.1, 0.15) is 12.0 Å². The molecule has 0 saturated carbocycles. The molecular weight excluding hydrogens is 314 g/mol. The highest BCUT2D eigenvalue weighted by Gasteiger charge is 2.18. The number of fused-ring (bicyclic) bond motifs is 2. The molecule has 3 aromatic heterocycles. The zero-order valence-electron chi connectivity index (χ0n) is 12.3. The van der Waals surface area contributed by atoms with E-state index in [0.29, 0.717) is 17.2 Å². The summed E-state index contributed by atoms with van der Waals surface area (Å²) >= 11 is 5.93. The molecule has 0 atom stereocenters. The lowest BCUT2D eigenvalue weighted by Crippen LogP contribution is -2.31. The summed E-state index contributed by atoms with van der Waals surface area (Å²) in [6.07, 6.45) is 5.96. The molecule has 1 aliphatic heterocycles. The fourth-order valence-electron chi connectivity index (χ4n) is 2.88. The molecule has 0 spiro atoms. The van der Waals surface area contributed by atoms with Crippen LogP contribution in [-0.4, -0.2) is 30.8 Å². The highest BCUT2D eigenvalue weighted by atomic mass is 35.5. The van der Waals surface area contributed by atoms with E-state index in [2.05, 4.69) is 19.9 Å². The van der Waals surface area contributed by atoms with Gasteiger partial charge in [-0.05, 0) is 24.1 Å². The maximum absolute atomic E-state index is 12.2. The van der Waals surface area contributed by atoms with Crippen molar-refractivity contribution in [1.29, 1.82) is 0 Å². The molecule has 3 aromatic rings. The normalized spacial score (nSPS) is 14.8. The van der Waals surface area contributed by atoms with Crippen LogP contribution in [0.3, 0.4) is 0 Å². The number of hydrogen-bond donors (Lipinski definition) is 0. The van der Waals surface area contributed by atoms with Crippen LogP contribution in [0.1, 0.15) is 17.0 Å². The number of nitrogens with zero attached hydrogens (tertiary/aromatic N) is 5. The van der Waals surface area contributed by atoms with E-state index in [4.69, 9.17) is 11.6 Å². The molecule has 4 heterocycles. The lowest BCUT2D eigenvalue weighted by molar-refractivity contribution is 0.238. The molecule has 6 nitrogen and oxygen atoms in total. The van der Waals surface area contributed by atoms with Crippen molar-refractivity contribution in [1.82, 2.24) is 24.3 Å². The number of halogens is 1. The standard InChI is InChI=1S/C16H14ClN5O/c17-12-1-2-15-20-13(5-16(23)22(15)7-12)8-21-4-3-11-6-18-10-19-14(11)9-21/h1-2,5-7,10H,3-4,8-9H2. The minimum atomic E-state index is -0.118. The monoisotopic (exact) mass is 327 g/mol. The van der Waals surface area contributed by atoms with Crippen LogP contribution in [0.15, 0.2) is 41.7 Å². The Labute approximate surface area is 137 Å². The van der Waals surface area contributed by atoms with Gasteiger partial charge in [0.2, 0.25) is 0 Å². The highest BCUT2D eigenvalue weighted by molar-refractivity contribution is 6.30. The van der Waals surface area contributed by atoms with Crippen LogP contribution < -0.4 is 5.56 Å². The fourth-order valence-corrected chi connectivity index (χ4v) is 3.04. The first kappa shape index (κ1) is 14.3. The van der Waals surface area contributed by atoms with Gasteiger partial charge in [-0.2, -0.15) is 0 Å². The van der Waals surface area contributed by atoms with Gasteiger partial charge in [-0.1, -0.05) is 11.6 Å². The van der Waals surface area contributed by atoms with Crippen LogP contribution >= 0.6 is 11.6 Å². The predicted octanol–water partition coefficient (Wildman–Crippen LogP) is 1.70. The number of hydrogen-bond acceptors (Lipinski definition) is 5. The van der Waals surface area contributed by atoms with Gasteiger partial charge < -0.3 is 0 Å². The molecule has 0 unspecified atom stereocenters. The predicted molar refractivity (Wildman–Crippen MR) is 86.3 cm³/mol. The molecule has 1 aliphatic rings. The van der Waals surface area contributed by atoms with Crippen LogP contribution in [0.2, 0.25) is 5.02 Å². The Balaban J connectivity index is 1.61. The number of pyridine rings is 1. The number of aromatic nitrogens is 4. The second-order valence-electron chi connectivity index (χ2n) is 5.62. The molecule has 0 bridgehead atoms. The fraction of sp³-hybridized carbons (Fsp3) is 0.250. The average molecular weight is 328 g/mol. The van der Waals surface area contributed by atoms with Gasteiger partial charge in [0, 0.05) is 38.1 Å². The summed E-state index contributed by atoms with van der Waals surface area (Å²) in [6.45, 7) is 2.28. The molecule has 0 radical (unpaired) electrons. The third kappa shape index (κ3) is 2.83. The van der Waals surface area contributed by atoms with E-state index in [1.807, 2.05) is 6.20 Å². The smallest absolute Gasteiger partial charge is 0.258 e. The van der Waals surface area contributed by atoms with Crippen molar-refractivity contribution in [3.05, 3.63) is 69.2 Å². The second kappa shape index (κ2) is 5.72. The summed E-state index contributed by atoms with van der Waals surface area (Å²) in [6, 6.07) is 5.06. The van der Waals surface area contributed by atoms with Gasteiger partial charge in [0.05, 0.1) is 16.4 Å². The summed E-state index contributed by atoms with van der Waals surface area (Å²) in [4.78, 5) is 27.4. The van der Waals surface area contributed by atoms with E-state index >= 15 is 0 Å². The first-order chi connectivity index (χ1) is 11.2. The third-order valence-electron chi connectivity index (χ3n) is 4.01. The Kier molecular flexibility index (Phi) is 3.55. The summed E-state index contributed by atoms with van der Waals surface area (Å²) in [5, 5.41) is 0.515. The van der Waals surface area contributed by atoms with Crippen molar-refractivity contribution in [3.8, 4) is 0 Å². The largest absolute Gasteiger partial charge is 0.291 e.